The van der Waals surface area contributed by atoms with Crippen molar-refractivity contribution in [2.45, 2.75) is 45.2 Å². The average molecular weight is 382 g/mol. The van der Waals surface area contributed by atoms with Gasteiger partial charge in [0.05, 0.1) is 0 Å². The molecule has 146 valence electrons. The molecule has 3 aromatic rings. The van der Waals surface area contributed by atoms with E-state index >= 15 is 0 Å². The molecule has 1 aliphatic heterocycles. The maximum atomic E-state index is 13.1. The Morgan fingerprint density at radius 3 is 2.86 bits per heavy atom. The molecule has 1 aliphatic rings. The summed E-state index contributed by atoms with van der Waals surface area (Å²) < 4.78 is 20.4. The Balaban J connectivity index is 1.53. The van der Waals surface area contributed by atoms with Gasteiger partial charge in [0, 0.05) is 24.3 Å². The molecule has 0 N–H and O–H groups in total. The molecule has 1 fully saturated rings. The molecule has 28 heavy (non-hydrogen) atoms. The van der Waals surface area contributed by atoms with E-state index in [2.05, 4.69) is 17.1 Å². The number of hydrogen-bond acceptors (Lipinski definition) is 4. The van der Waals surface area contributed by atoms with Crippen LogP contribution in [0.3, 0.4) is 0 Å². The number of benzene rings is 1. The van der Waals surface area contributed by atoms with Crippen molar-refractivity contribution in [2.75, 3.05) is 6.54 Å². The minimum absolute atomic E-state index is 0.113. The minimum Gasteiger partial charge on any atom is -0.338 e. The van der Waals surface area contributed by atoms with E-state index in [1.807, 2.05) is 27.8 Å². The zero-order valence-corrected chi connectivity index (χ0v) is 15.8. The quantitative estimate of drug-likeness (QED) is 0.665. The fourth-order valence-electron chi connectivity index (χ4n) is 3.78. The van der Waals surface area contributed by atoms with E-state index in [1.54, 1.807) is 12.1 Å². The van der Waals surface area contributed by atoms with Crippen LogP contribution < -0.4 is 0 Å². The number of rotatable bonds is 5. The first-order valence-corrected chi connectivity index (χ1v) is 9.70. The predicted octanol–water partition coefficient (Wildman–Crippen LogP) is 4.14. The Labute approximate surface area is 163 Å². The maximum Gasteiger partial charge on any atom is 0.274 e. The summed E-state index contributed by atoms with van der Waals surface area (Å²) in [7, 11) is 0. The summed E-state index contributed by atoms with van der Waals surface area (Å²) in [5.74, 6) is 0.518. The summed E-state index contributed by atoms with van der Waals surface area (Å²) in [6.45, 7) is 3.20. The largest absolute Gasteiger partial charge is 0.338 e. The van der Waals surface area contributed by atoms with Crippen molar-refractivity contribution in [3.8, 4) is 23.0 Å². The highest BCUT2D eigenvalue weighted by atomic mass is 19.1. The van der Waals surface area contributed by atoms with Gasteiger partial charge >= 0.3 is 0 Å². The Morgan fingerprint density at radius 2 is 2.07 bits per heavy atom. The van der Waals surface area contributed by atoms with Crippen molar-refractivity contribution < 1.29 is 13.7 Å². The lowest BCUT2D eigenvalue weighted by Gasteiger charge is -2.35. The smallest absolute Gasteiger partial charge is 0.274 e. The number of hydrogen-bond donors (Lipinski definition) is 0. The second-order valence-corrected chi connectivity index (χ2v) is 7.10. The third kappa shape index (κ3) is 3.69. The normalized spacial score (nSPS) is 17.1. The predicted molar refractivity (Wildman–Crippen MR) is 103 cm³/mol. The van der Waals surface area contributed by atoms with E-state index in [-0.39, 0.29) is 18.3 Å². The number of carbonyl (C=O) groups excluding carboxylic acids is 1. The molecule has 1 aromatic carbocycles. The topological polar surface area (TPSA) is 64.2 Å². The molecule has 0 spiro atoms. The summed E-state index contributed by atoms with van der Waals surface area (Å²) >= 11 is 0. The summed E-state index contributed by atoms with van der Waals surface area (Å²) in [6.07, 6.45) is 6.15. The van der Waals surface area contributed by atoms with Gasteiger partial charge in [0.15, 0.2) is 0 Å². The fraction of sp³-hybridized carbons (Fsp3) is 0.381. The van der Waals surface area contributed by atoms with E-state index in [4.69, 9.17) is 4.52 Å². The molecule has 2 aromatic heterocycles. The van der Waals surface area contributed by atoms with Crippen molar-refractivity contribution >= 4 is 5.91 Å². The van der Waals surface area contributed by atoms with Gasteiger partial charge in [-0.25, -0.2) is 4.39 Å². The molecule has 0 saturated carbocycles. The number of carbonyl (C=O) groups is 1. The first kappa shape index (κ1) is 18.4. The molecule has 6 nitrogen and oxygen atoms in total. The molecule has 7 heteroatoms. The van der Waals surface area contributed by atoms with E-state index in [9.17, 15) is 9.18 Å². The van der Waals surface area contributed by atoms with Crippen molar-refractivity contribution in [3.63, 3.8) is 0 Å². The molecule has 3 heterocycles. The monoisotopic (exact) mass is 382 g/mol. The Kier molecular flexibility index (Phi) is 5.23. The van der Waals surface area contributed by atoms with E-state index in [0.717, 1.165) is 25.8 Å². The molecule has 4 rings (SSSR count). The van der Waals surface area contributed by atoms with Crippen LogP contribution >= 0.6 is 0 Å². The fourth-order valence-corrected chi connectivity index (χ4v) is 3.78. The maximum absolute atomic E-state index is 13.1. The molecule has 0 radical (unpaired) electrons. The summed E-state index contributed by atoms with van der Waals surface area (Å²) in [4.78, 5) is 19.3. The van der Waals surface area contributed by atoms with Crippen LogP contribution in [-0.4, -0.2) is 38.1 Å². The summed E-state index contributed by atoms with van der Waals surface area (Å²) in [5, 5.41) is 3.99. The second kappa shape index (κ2) is 7.96. The molecule has 0 bridgehead atoms. The van der Waals surface area contributed by atoms with Crippen molar-refractivity contribution in [1.82, 2.24) is 19.6 Å². The average Bonchev–Trinajstić information content (AvgIpc) is 3.38. The van der Waals surface area contributed by atoms with Crippen LogP contribution in [0.1, 0.15) is 32.6 Å². The first-order chi connectivity index (χ1) is 13.7. The highest BCUT2D eigenvalue weighted by molar-refractivity contribution is 5.77. The molecule has 1 amide bonds. The van der Waals surface area contributed by atoms with Crippen molar-refractivity contribution in [3.05, 3.63) is 48.4 Å². The third-order valence-corrected chi connectivity index (χ3v) is 5.30. The van der Waals surface area contributed by atoms with Gasteiger partial charge in [0.25, 0.3) is 5.89 Å². The van der Waals surface area contributed by atoms with Gasteiger partial charge < -0.3 is 14.0 Å². The number of aromatic nitrogens is 3. The Hall–Kier alpha value is -2.96. The number of halogens is 1. The Morgan fingerprint density at radius 1 is 1.25 bits per heavy atom. The van der Waals surface area contributed by atoms with Crippen LogP contribution in [0.5, 0.6) is 0 Å². The lowest BCUT2D eigenvalue weighted by atomic mass is 10.00. The number of likely N-dealkylation sites (tertiary alicyclic amines) is 1. The van der Waals surface area contributed by atoms with Gasteiger partial charge in [-0.2, -0.15) is 4.98 Å². The van der Waals surface area contributed by atoms with Crippen molar-refractivity contribution in [2.24, 2.45) is 0 Å². The molecular formula is C21H23FN4O2. The van der Waals surface area contributed by atoms with Gasteiger partial charge in [-0.1, -0.05) is 12.1 Å². The molecule has 1 unspecified atom stereocenters. The SMILES string of the molecule is CCC1CCCCN1C(=O)Cn1cccc1-c1nc(-c2ccc(F)cc2)no1. The first-order valence-electron chi connectivity index (χ1n) is 9.70. The Bertz CT molecular complexity index is 947. The van der Waals surface area contributed by atoms with Gasteiger partial charge in [0.1, 0.15) is 18.1 Å². The van der Waals surface area contributed by atoms with Crippen LogP contribution in [0.4, 0.5) is 4.39 Å². The highest BCUT2D eigenvalue weighted by Crippen LogP contribution is 2.24. The third-order valence-electron chi connectivity index (χ3n) is 5.30. The van der Waals surface area contributed by atoms with Crippen LogP contribution in [0.15, 0.2) is 47.1 Å². The summed E-state index contributed by atoms with van der Waals surface area (Å²) in [6, 6.07) is 9.96. The van der Waals surface area contributed by atoms with E-state index in [1.165, 1.54) is 18.6 Å². The molecular weight excluding hydrogens is 359 g/mol. The van der Waals surface area contributed by atoms with Gasteiger partial charge in [-0.05, 0) is 62.1 Å². The number of amides is 1. The van der Waals surface area contributed by atoms with Crippen LogP contribution in [-0.2, 0) is 11.3 Å². The van der Waals surface area contributed by atoms with Crippen LogP contribution in [0.2, 0.25) is 0 Å². The van der Waals surface area contributed by atoms with Crippen LogP contribution in [0.25, 0.3) is 23.0 Å². The van der Waals surface area contributed by atoms with Crippen LogP contribution in [0, 0.1) is 5.82 Å². The molecule has 1 atom stereocenters. The second-order valence-electron chi connectivity index (χ2n) is 7.10. The minimum atomic E-state index is -0.317. The zero-order chi connectivity index (χ0) is 19.5. The lowest BCUT2D eigenvalue weighted by Crippen LogP contribution is -2.44. The number of nitrogens with zero attached hydrogens (tertiary/aromatic N) is 4. The number of piperidine rings is 1. The van der Waals surface area contributed by atoms with Gasteiger partial charge in [-0.15, -0.1) is 0 Å². The van der Waals surface area contributed by atoms with Gasteiger partial charge in [-0.3, -0.25) is 4.79 Å². The molecule has 1 saturated heterocycles. The lowest BCUT2D eigenvalue weighted by molar-refractivity contribution is -0.135. The van der Waals surface area contributed by atoms with Gasteiger partial charge in [0.2, 0.25) is 11.7 Å². The zero-order valence-electron chi connectivity index (χ0n) is 15.8. The van der Waals surface area contributed by atoms with Crippen molar-refractivity contribution in [1.29, 1.82) is 0 Å². The standard InChI is InChI=1S/C21H23FN4O2/c1-2-17-6-3-4-13-26(17)19(27)14-25-12-5-7-18(25)21-23-20(24-28-21)15-8-10-16(22)11-9-15/h5,7-12,17H,2-4,6,13-14H2,1H3. The molecule has 0 aliphatic carbocycles. The van der Waals surface area contributed by atoms with E-state index < -0.39 is 0 Å². The van der Waals surface area contributed by atoms with E-state index in [0.29, 0.717) is 29.0 Å². The summed E-state index contributed by atoms with van der Waals surface area (Å²) in [5.41, 5.74) is 1.36. The highest BCUT2D eigenvalue weighted by Gasteiger charge is 2.26.